The van der Waals surface area contributed by atoms with Crippen LogP contribution in [-0.2, 0) is 11.5 Å². The maximum Gasteiger partial charge on any atom is 0.574 e. The molecule has 2 nitrogen and oxygen atoms in total. The Morgan fingerprint density at radius 3 is 2.05 bits per heavy atom. The second kappa shape index (κ2) is 5.70. The van der Waals surface area contributed by atoms with E-state index in [4.69, 9.17) is 0 Å². The summed E-state index contributed by atoms with van der Waals surface area (Å²) in [5, 5.41) is -0.367. The molecule has 0 aliphatic carbocycles. The van der Waals surface area contributed by atoms with E-state index in [-0.39, 0.29) is 11.4 Å². The van der Waals surface area contributed by atoms with Gasteiger partial charge < -0.3 is 4.74 Å². The number of halogens is 9. The third kappa shape index (κ3) is 4.18. The highest BCUT2D eigenvalue weighted by molar-refractivity contribution is 9.08. The number of hydrogen-bond acceptors (Lipinski definition) is 2. The van der Waals surface area contributed by atoms with Crippen LogP contribution < -0.4 is 4.74 Å². The van der Waals surface area contributed by atoms with Gasteiger partial charge in [-0.3, -0.25) is 0 Å². The quantitative estimate of drug-likeness (QED) is 0.559. The van der Waals surface area contributed by atoms with Gasteiger partial charge in [-0.1, -0.05) is 15.9 Å². The van der Waals surface area contributed by atoms with Gasteiger partial charge in [0.25, 0.3) is 6.43 Å². The van der Waals surface area contributed by atoms with Crippen LogP contribution in [0.5, 0.6) is 5.88 Å². The predicted octanol–water partition coefficient (Wildman–Crippen LogP) is 4.83. The lowest BCUT2D eigenvalue weighted by Crippen LogP contribution is -2.21. The highest BCUT2D eigenvalue weighted by Crippen LogP contribution is 2.42. The van der Waals surface area contributed by atoms with Gasteiger partial charge in [-0.2, -0.15) is 13.2 Å². The molecule has 1 heterocycles. The van der Waals surface area contributed by atoms with Gasteiger partial charge in [0.2, 0.25) is 5.88 Å². The molecule has 11 heteroatoms. The standard InChI is InChI=1S/C9H4BrF8NO/c10-2-3-1-4(8(13,14)15)5(6(11)12)7(19-3)20-9(16,17)18/h1,6H,2H2. The maximum atomic E-state index is 12.6. The van der Waals surface area contributed by atoms with Crippen molar-refractivity contribution in [2.75, 3.05) is 0 Å². The van der Waals surface area contributed by atoms with Crippen LogP contribution in [0.25, 0.3) is 0 Å². The molecule has 0 aliphatic heterocycles. The van der Waals surface area contributed by atoms with Crippen LogP contribution in [0.15, 0.2) is 6.07 Å². The van der Waals surface area contributed by atoms with E-state index in [1.807, 2.05) is 0 Å². The maximum absolute atomic E-state index is 12.6. The van der Waals surface area contributed by atoms with Gasteiger partial charge in [0, 0.05) is 5.33 Å². The lowest BCUT2D eigenvalue weighted by atomic mass is 10.1. The fourth-order valence-electron chi connectivity index (χ4n) is 1.28. The van der Waals surface area contributed by atoms with E-state index in [0.717, 1.165) is 0 Å². The Labute approximate surface area is 114 Å². The van der Waals surface area contributed by atoms with E-state index >= 15 is 0 Å². The van der Waals surface area contributed by atoms with Gasteiger partial charge in [-0.25, -0.2) is 13.8 Å². The van der Waals surface area contributed by atoms with E-state index < -0.39 is 41.7 Å². The molecule has 0 aliphatic rings. The summed E-state index contributed by atoms with van der Waals surface area (Å²) in [5.41, 5.74) is -4.39. The van der Waals surface area contributed by atoms with Gasteiger partial charge >= 0.3 is 12.5 Å². The van der Waals surface area contributed by atoms with Crippen molar-refractivity contribution in [3.8, 4) is 5.88 Å². The summed E-state index contributed by atoms with van der Waals surface area (Å²) < 4.78 is 102. The second-order valence-electron chi connectivity index (χ2n) is 3.36. The van der Waals surface area contributed by atoms with Crippen molar-refractivity contribution in [1.29, 1.82) is 0 Å². The zero-order chi connectivity index (χ0) is 15.7. The fourth-order valence-corrected chi connectivity index (χ4v) is 1.57. The predicted molar refractivity (Wildman–Crippen MR) is 53.5 cm³/mol. The number of nitrogens with zero attached hydrogens (tertiary/aromatic N) is 1. The molecule has 0 bridgehead atoms. The minimum atomic E-state index is -5.44. The Balaban J connectivity index is 3.55. The Bertz CT molecular complexity index is 484. The number of pyridine rings is 1. The van der Waals surface area contributed by atoms with Crippen LogP contribution in [0.3, 0.4) is 0 Å². The lowest BCUT2D eigenvalue weighted by Gasteiger charge is -2.18. The zero-order valence-corrected chi connectivity index (χ0v) is 10.7. The van der Waals surface area contributed by atoms with Crippen molar-refractivity contribution in [2.24, 2.45) is 0 Å². The summed E-state index contributed by atoms with van der Waals surface area (Å²) in [4.78, 5) is 3.00. The monoisotopic (exact) mass is 373 g/mol. The van der Waals surface area contributed by atoms with E-state index in [2.05, 4.69) is 25.7 Å². The minimum absolute atomic E-state index is 0.236. The molecular formula is C9H4BrF8NO. The van der Waals surface area contributed by atoms with Crippen molar-refractivity contribution >= 4 is 15.9 Å². The second-order valence-corrected chi connectivity index (χ2v) is 3.92. The molecule has 1 rings (SSSR count). The van der Waals surface area contributed by atoms with Crippen LogP contribution in [0, 0.1) is 0 Å². The summed E-state index contributed by atoms with van der Waals surface area (Å²) in [6.45, 7) is 0. The molecule has 0 saturated carbocycles. The summed E-state index contributed by atoms with van der Waals surface area (Å²) >= 11 is 2.68. The first-order valence-corrected chi connectivity index (χ1v) is 5.78. The topological polar surface area (TPSA) is 22.1 Å². The van der Waals surface area contributed by atoms with Crippen molar-refractivity contribution in [3.05, 3.63) is 22.9 Å². The summed E-state index contributed by atoms with van der Waals surface area (Å²) in [5.74, 6) is -1.81. The molecule has 0 amide bonds. The number of rotatable bonds is 3. The molecule has 0 unspecified atom stereocenters. The molecule has 1 aromatic rings. The van der Waals surface area contributed by atoms with Crippen molar-refractivity contribution < 1.29 is 39.9 Å². The smallest absolute Gasteiger partial charge is 0.387 e. The third-order valence-electron chi connectivity index (χ3n) is 1.95. The van der Waals surface area contributed by atoms with Crippen molar-refractivity contribution in [3.63, 3.8) is 0 Å². The number of alkyl halides is 9. The van der Waals surface area contributed by atoms with Crippen LogP contribution in [0.1, 0.15) is 23.2 Å². The van der Waals surface area contributed by atoms with Crippen LogP contribution in [0.2, 0.25) is 0 Å². The summed E-state index contributed by atoms with van der Waals surface area (Å²) in [6.07, 6.45) is -14.5. The molecule has 0 N–H and O–H groups in total. The van der Waals surface area contributed by atoms with Crippen LogP contribution in [0.4, 0.5) is 35.1 Å². The zero-order valence-electron chi connectivity index (χ0n) is 9.12. The molecular weight excluding hydrogens is 370 g/mol. The molecule has 1 aromatic heterocycles. The minimum Gasteiger partial charge on any atom is -0.387 e. The Hall–Kier alpha value is -1.13. The van der Waals surface area contributed by atoms with E-state index in [1.54, 1.807) is 0 Å². The van der Waals surface area contributed by atoms with Crippen molar-refractivity contribution in [1.82, 2.24) is 4.98 Å². The van der Waals surface area contributed by atoms with Gasteiger partial charge in [0.15, 0.2) is 0 Å². The Morgan fingerprint density at radius 1 is 1.15 bits per heavy atom. The first-order chi connectivity index (χ1) is 8.95. The molecule has 0 fully saturated rings. The number of ether oxygens (including phenoxy) is 1. The molecule has 0 atom stereocenters. The normalized spacial score (nSPS) is 12.9. The fraction of sp³-hybridized carbons (Fsp3) is 0.444. The van der Waals surface area contributed by atoms with E-state index in [1.165, 1.54) is 0 Å². The van der Waals surface area contributed by atoms with Gasteiger partial charge in [-0.05, 0) is 6.07 Å². The van der Waals surface area contributed by atoms with Crippen LogP contribution >= 0.6 is 15.9 Å². The Morgan fingerprint density at radius 2 is 1.70 bits per heavy atom. The van der Waals surface area contributed by atoms with Gasteiger partial charge in [-0.15, -0.1) is 13.2 Å². The third-order valence-corrected chi connectivity index (χ3v) is 2.52. The number of aromatic nitrogens is 1. The first kappa shape index (κ1) is 16.9. The van der Waals surface area contributed by atoms with Gasteiger partial charge in [0.1, 0.15) is 0 Å². The average Bonchev–Trinajstić information content (AvgIpc) is 2.23. The molecule has 20 heavy (non-hydrogen) atoms. The highest BCUT2D eigenvalue weighted by Gasteiger charge is 2.41. The SMILES string of the molecule is FC(F)c1c(C(F)(F)F)cc(CBr)nc1OC(F)(F)F. The van der Waals surface area contributed by atoms with Gasteiger partial charge in [0.05, 0.1) is 16.8 Å². The summed E-state index contributed by atoms with van der Waals surface area (Å²) in [7, 11) is 0. The first-order valence-electron chi connectivity index (χ1n) is 4.66. The molecule has 0 aromatic carbocycles. The Kier molecular flexibility index (Phi) is 4.82. The largest absolute Gasteiger partial charge is 0.574 e. The van der Waals surface area contributed by atoms with Crippen molar-refractivity contribution in [2.45, 2.75) is 24.3 Å². The average molecular weight is 374 g/mol. The summed E-state index contributed by atoms with van der Waals surface area (Å²) in [6, 6.07) is 0.236. The molecule has 0 saturated heterocycles. The molecule has 0 radical (unpaired) electrons. The highest BCUT2D eigenvalue weighted by atomic mass is 79.9. The molecule has 0 spiro atoms. The number of hydrogen-bond donors (Lipinski definition) is 0. The van der Waals surface area contributed by atoms with Crippen LogP contribution in [-0.4, -0.2) is 11.3 Å². The van der Waals surface area contributed by atoms with E-state index in [9.17, 15) is 35.1 Å². The van der Waals surface area contributed by atoms with E-state index in [0.29, 0.717) is 0 Å². The lowest BCUT2D eigenvalue weighted by molar-refractivity contribution is -0.277. The molecule has 114 valence electrons.